The molecule has 17 heavy (non-hydrogen) atoms. The van der Waals surface area contributed by atoms with Crippen LogP contribution in [0.15, 0.2) is 12.3 Å². The molecule has 0 radical (unpaired) electrons. The molecule has 0 bridgehead atoms. The molecule has 2 atom stereocenters. The number of rotatable bonds is 5. The van der Waals surface area contributed by atoms with Crippen molar-refractivity contribution in [3.05, 3.63) is 23.4 Å². The molecule has 0 aromatic carbocycles. The third-order valence-electron chi connectivity index (χ3n) is 2.36. The first-order valence-corrected chi connectivity index (χ1v) is 5.10. The molecule has 6 nitrogen and oxygen atoms in total. The van der Waals surface area contributed by atoms with E-state index in [-0.39, 0.29) is 6.42 Å². The lowest BCUT2D eigenvalue weighted by molar-refractivity contribution is -0.121. The molecular weight excluding hydrogens is 224 g/mol. The number of amides is 1. The summed E-state index contributed by atoms with van der Waals surface area (Å²) >= 11 is 0. The summed E-state index contributed by atoms with van der Waals surface area (Å²) in [7, 11) is 1.49. The molecule has 1 rings (SSSR count). The van der Waals surface area contributed by atoms with Gasteiger partial charge in [0.25, 0.3) is 0 Å². The molecule has 2 unspecified atom stereocenters. The molecule has 0 fully saturated rings. The number of aryl methyl sites for hydroxylation is 1. The molecule has 1 heterocycles. The zero-order valence-electron chi connectivity index (χ0n) is 9.75. The highest BCUT2D eigenvalue weighted by atomic mass is 16.5. The first kappa shape index (κ1) is 13.4. The van der Waals surface area contributed by atoms with Crippen LogP contribution in [0.1, 0.15) is 23.7 Å². The van der Waals surface area contributed by atoms with E-state index in [1.54, 1.807) is 13.0 Å². The Morgan fingerprint density at radius 1 is 1.59 bits per heavy atom. The number of ether oxygens (including phenoxy) is 1. The quantitative estimate of drug-likeness (QED) is 0.653. The van der Waals surface area contributed by atoms with Crippen LogP contribution in [0.2, 0.25) is 0 Å². The number of pyridine rings is 1. The van der Waals surface area contributed by atoms with E-state index in [0.29, 0.717) is 11.4 Å². The normalized spacial score (nSPS) is 14.1. The SMILES string of the molecule is COc1ncc(C(O)C(O)CC(N)=O)cc1C. The van der Waals surface area contributed by atoms with Crippen molar-refractivity contribution in [3.63, 3.8) is 0 Å². The average molecular weight is 240 g/mol. The van der Waals surface area contributed by atoms with E-state index in [0.717, 1.165) is 5.56 Å². The minimum absolute atomic E-state index is 0.299. The third kappa shape index (κ3) is 3.40. The van der Waals surface area contributed by atoms with Gasteiger partial charge in [0, 0.05) is 17.3 Å². The molecule has 0 saturated heterocycles. The van der Waals surface area contributed by atoms with Crippen molar-refractivity contribution in [1.29, 1.82) is 0 Å². The highest BCUT2D eigenvalue weighted by Crippen LogP contribution is 2.22. The van der Waals surface area contributed by atoms with Gasteiger partial charge in [0.2, 0.25) is 11.8 Å². The largest absolute Gasteiger partial charge is 0.481 e. The highest BCUT2D eigenvalue weighted by molar-refractivity contribution is 5.74. The number of primary amides is 1. The smallest absolute Gasteiger partial charge is 0.220 e. The summed E-state index contributed by atoms with van der Waals surface area (Å²) in [4.78, 5) is 14.6. The van der Waals surface area contributed by atoms with Gasteiger partial charge in [0.05, 0.1) is 19.6 Å². The Hall–Kier alpha value is -1.66. The summed E-state index contributed by atoms with van der Waals surface area (Å²) in [6.07, 6.45) is -1.34. The van der Waals surface area contributed by atoms with E-state index in [4.69, 9.17) is 10.5 Å². The molecular formula is C11H16N2O4. The van der Waals surface area contributed by atoms with Crippen LogP contribution in [0.5, 0.6) is 5.88 Å². The second-order valence-electron chi connectivity index (χ2n) is 3.78. The predicted octanol–water partition coefficient (Wildman–Crippen LogP) is -0.332. The monoisotopic (exact) mass is 240 g/mol. The van der Waals surface area contributed by atoms with Crippen molar-refractivity contribution in [2.75, 3.05) is 7.11 Å². The Kier molecular flexibility index (Phi) is 4.42. The Morgan fingerprint density at radius 3 is 2.71 bits per heavy atom. The number of carbonyl (C=O) groups is 1. The van der Waals surface area contributed by atoms with Crippen LogP contribution in [0.3, 0.4) is 0 Å². The maximum Gasteiger partial charge on any atom is 0.220 e. The number of methoxy groups -OCH3 is 1. The first-order valence-electron chi connectivity index (χ1n) is 5.10. The van der Waals surface area contributed by atoms with Gasteiger partial charge in [0.15, 0.2) is 0 Å². The molecule has 6 heteroatoms. The van der Waals surface area contributed by atoms with E-state index in [1.165, 1.54) is 13.3 Å². The van der Waals surface area contributed by atoms with E-state index in [2.05, 4.69) is 4.98 Å². The maximum absolute atomic E-state index is 10.6. The van der Waals surface area contributed by atoms with Gasteiger partial charge in [0.1, 0.15) is 6.10 Å². The van der Waals surface area contributed by atoms with Crippen molar-refractivity contribution < 1.29 is 19.7 Å². The lowest BCUT2D eigenvalue weighted by Crippen LogP contribution is -2.25. The Balaban J connectivity index is 2.85. The molecule has 0 aliphatic carbocycles. The zero-order valence-corrected chi connectivity index (χ0v) is 9.75. The van der Waals surface area contributed by atoms with Gasteiger partial charge in [-0.2, -0.15) is 0 Å². The second-order valence-corrected chi connectivity index (χ2v) is 3.78. The number of carbonyl (C=O) groups excluding carboxylic acids is 1. The van der Waals surface area contributed by atoms with Crippen LogP contribution in [0.4, 0.5) is 0 Å². The Morgan fingerprint density at radius 2 is 2.24 bits per heavy atom. The van der Waals surface area contributed by atoms with Crippen molar-refractivity contribution in [1.82, 2.24) is 4.98 Å². The van der Waals surface area contributed by atoms with Crippen LogP contribution in [-0.2, 0) is 4.79 Å². The molecule has 4 N–H and O–H groups in total. The average Bonchev–Trinajstić information content (AvgIpc) is 2.27. The maximum atomic E-state index is 10.6. The number of aromatic nitrogens is 1. The van der Waals surface area contributed by atoms with Gasteiger partial charge in [-0.15, -0.1) is 0 Å². The summed E-state index contributed by atoms with van der Waals surface area (Å²) in [5, 5.41) is 19.3. The van der Waals surface area contributed by atoms with Gasteiger partial charge >= 0.3 is 0 Å². The number of nitrogens with two attached hydrogens (primary N) is 1. The Labute approximate surface area is 99.0 Å². The van der Waals surface area contributed by atoms with Crippen LogP contribution in [-0.4, -0.2) is 34.3 Å². The van der Waals surface area contributed by atoms with Crippen molar-refractivity contribution in [3.8, 4) is 5.88 Å². The lowest BCUT2D eigenvalue weighted by atomic mass is 10.0. The van der Waals surface area contributed by atoms with Crippen LogP contribution in [0, 0.1) is 6.92 Å². The highest BCUT2D eigenvalue weighted by Gasteiger charge is 2.21. The zero-order chi connectivity index (χ0) is 13.0. The fourth-order valence-corrected chi connectivity index (χ4v) is 1.50. The first-order chi connectivity index (χ1) is 7.95. The van der Waals surface area contributed by atoms with Gasteiger partial charge in [-0.1, -0.05) is 0 Å². The van der Waals surface area contributed by atoms with Crippen molar-refractivity contribution >= 4 is 5.91 Å². The van der Waals surface area contributed by atoms with Crippen molar-refractivity contribution in [2.45, 2.75) is 25.6 Å². The lowest BCUT2D eigenvalue weighted by Gasteiger charge is -2.17. The molecule has 94 valence electrons. The second kappa shape index (κ2) is 5.60. The molecule has 1 amide bonds. The van der Waals surface area contributed by atoms with E-state index in [9.17, 15) is 15.0 Å². The number of nitrogens with zero attached hydrogens (tertiary/aromatic N) is 1. The van der Waals surface area contributed by atoms with Crippen LogP contribution in [0.25, 0.3) is 0 Å². The van der Waals surface area contributed by atoms with Gasteiger partial charge in [-0.3, -0.25) is 4.79 Å². The van der Waals surface area contributed by atoms with Crippen molar-refractivity contribution in [2.24, 2.45) is 5.73 Å². The molecule has 1 aromatic rings. The standard InChI is InChI=1S/C11H16N2O4/c1-6-3-7(5-13-11(6)17-2)10(16)8(14)4-9(12)15/h3,5,8,10,14,16H,4H2,1-2H3,(H2,12,15). The van der Waals surface area contributed by atoms with E-state index in [1.807, 2.05) is 0 Å². The van der Waals surface area contributed by atoms with E-state index >= 15 is 0 Å². The summed E-state index contributed by atoms with van der Waals surface area (Å²) in [6.45, 7) is 1.77. The summed E-state index contributed by atoms with van der Waals surface area (Å²) < 4.78 is 4.98. The predicted molar refractivity (Wildman–Crippen MR) is 60.3 cm³/mol. The fourth-order valence-electron chi connectivity index (χ4n) is 1.50. The number of aliphatic hydroxyl groups is 2. The van der Waals surface area contributed by atoms with Gasteiger partial charge in [-0.25, -0.2) is 4.98 Å². The summed E-state index contributed by atoms with van der Waals surface area (Å²) in [6, 6.07) is 1.64. The van der Waals surface area contributed by atoms with Gasteiger partial charge in [-0.05, 0) is 13.0 Å². The molecule has 0 spiro atoms. The number of aliphatic hydroxyl groups excluding tert-OH is 2. The summed E-state index contributed by atoms with van der Waals surface area (Å²) in [5.74, 6) is -0.222. The van der Waals surface area contributed by atoms with E-state index < -0.39 is 18.1 Å². The van der Waals surface area contributed by atoms with Gasteiger partial charge < -0.3 is 20.7 Å². The number of hydrogen-bond donors (Lipinski definition) is 3. The minimum Gasteiger partial charge on any atom is -0.481 e. The summed E-state index contributed by atoms with van der Waals surface area (Å²) in [5.41, 5.74) is 6.08. The van der Waals surface area contributed by atoms with Crippen LogP contribution < -0.4 is 10.5 Å². The molecule has 0 aliphatic rings. The minimum atomic E-state index is -1.23. The van der Waals surface area contributed by atoms with Crippen LogP contribution >= 0.6 is 0 Å². The Bertz CT molecular complexity index is 408. The molecule has 0 aliphatic heterocycles. The topological polar surface area (TPSA) is 106 Å². The third-order valence-corrected chi connectivity index (χ3v) is 2.36. The fraction of sp³-hybridized carbons (Fsp3) is 0.455. The molecule has 1 aromatic heterocycles. The molecule has 0 saturated carbocycles. The number of hydrogen-bond acceptors (Lipinski definition) is 5.